The van der Waals surface area contributed by atoms with E-state index in [0.29, 0.717) is 11.6 Å². The van der Waals surface area contributed by atoms with Crippen molar-refractivity contribution in [3.05, 3.63) is 47.7 Å². The quantitative estimate of drug-likeness (QED) is 0.637. The zero-order valence-corrected chi connectivity index (χ0v) is 9.85. The minimum atomic E-state index is -0.415. The Morgan fingerprint density at radius 1 is 1.33 bits per heavy atom. The molecule has 0 aliphatic rings. The molecular formula is C12H13FN4O. The van der Waals surface area contributed by atoms with E-state index in [1.807, 2.05) is 6.92 Å². The number of aromatic nitrogens is 2. The zero-order chi connectivity index (χ0) is 13.0. The first kappa shape index (κ1) is 12.3. The first-order valence-electron chi connectivity index (χ1n) is 5.37. The van der Waals surface area contributed by atoms with E-state index in [0.717, 1.165) is 5.69 Å². The van der Waals surface area contributed by atoms with Crippen LogP contribution >= 0.6 is 0 Å². The summed E-state index contributed by atoms with van der Waals surface area (Å²) in [7, 11) is 0. The van der Waals surface area contributed by atoms with E-state index >= 15 is 0 Å². The van der Waals surface area contributed by atoms with Crippen LogP contribution in [0.4, 0.5) is 10.2 Å². The summed E-state index contributed by atoms with van der Waals surface area (Å²) in [5, 5.41) is 0. The molecular weight excluding hydrogens is 235 g/mol. The van der Waals surface area contributed by atoms with Crippen molar-refractivity contribution in [3.8, 4) is 5.75 Å². The van der Waals surface area contributed by atoms with Crippen LogP contribution in [-0.2, 0) is 6.61 Å². The van der Waals surface area contributed by atoms with E-state index in [2.05, 4.69) is 15.4 Å². The van der Waals surface area contributed by atoms with E-state index in [9.17, 15) is 4.39 Å². The van der Waals surface area contributed by atoms with Crippen LogP contribution < -0.4 is 16.0 Å². The summed E-state index contributed by atoms with van der Waals surface area (Å²) >= 11 is 0. The lowest BCUT2D eigenvalue weighted by Gasteiger charge is -2.08. The number of halogens is 1. The lowest BCUT2D eigenvalue weighted by molar-refractivity contribution is 0.281. The Bertz CT molecular complexity index is 547. The van der Waals surface area contributed by atoms with Gasteiger partial charge in [-0.1, -0.05) is 12.1 Å². The highest BCUT2D eigenvalue weighted by atomic mass is 19.1. The molecule has 94 valence electrons. The number of benzene rings is 1. The maximum atomic E-state index is 13.3. The number of nitrogens with two attached hydrogens (primary N) is 1. The number of aryl methyl sites for hydroxylation is 1. The summed E-state index contributed by atoms with van der Waals surface area (Å²) < 4.78 is 18.6. The fraction of sp³-hybridized carbons (Fsp3) is 0.167. The number of nitrogens with zero attached hydrogens (tertiary/aromatic N) is 2. The van der Waals surface area contributed by atoms with E-state index < -0.39 is 5.82 Å². The highest BCUT2D eigenvalue weighted by molar-refractivity contribution is 5.34. The monoisotopic (exact) mass is 248 g/mol. The van der Waals surface area contributed by atoms with Crippen molar-refractivity contribution in [2.45, 2.75) is 13.5 Å². The molecule has 0 aliphatic carbocycles. The third-order valence-electron chi connectivity index (χ3n) is 2.24. The van der Waals surface area contributed by atoms with Gasteiger partial charge in [-0.25, -0.2) is 20.2 Å². The maximum Gasteiger partial charge on any atom is 0.168 e. The Labute approximate surface area is 104 Å². The highest BCUT2D eigenvalue weighted by Crippen LogP contribution is 2.16. The molecule has 0 unspecified atom stereocenters. The number of hydrogen-bond acceptors (Lipinski definition) is 5. The summed E-state index contributed by atoms with van der Waals surface area (Å²) in [6.45, 7) is 1.90. The predicted molar refractivity (Wildman–Crippen MR) is 65.3 cm³/mol. The molecule has 2 aromatic rings. The lowest BCUT2D eigenvalue weighted by atomic mass is 10.3. The van der Waals surface area contributed by atoms with Gasteiger partial charge in [0.15, 0.2) is 17.4 Å². The number of rotatable bonds is 4. The van der Waals surface area contributed by atoms with Gasteiger partial charge in [0.05, 0.1) is 0 Å². The molecule has 0 amide bonds. The molecule has 0 radical (unpaired) electrons. The lowest BCUT2D eigenvalue weighted by Crippen LogP contribution is -2.12. The minimum Gasteiger partial charge on any atom is -0.483 e. The molecule has 1 aromatic carbocycles. The average Bonchev–Trinajstić information content (AvgIpc) is 2.37. The molecule has 0 fully saturated rings. The molecule has 0 aliphatic heterocycles. The summed E-state index contributed by atoms with van der Waals surface area (Å²) in [5.74, 6) is 5.97. The van der Waals surface area contributed by atoms with Crippen LogP contribution in [0.3, 0.4) is 0 Å². The molecule has 0 saturated carbocycles. The Balaban J connectivity index is 2.11. The fourth-order valence-corrected chi connectivity index (χ4v) is 1.47. The molecule has 6 heteroatoms. The Hall–Kier alpha value is -2.21. The number of nitrogens with one attached hydrogen (secondary N) is 1. The number of para-hydroxylation sites is 1. The van der Waals surface area contributed by atoms with Crippen molar-refractivity contribution < 1.29 is 9.13 Å². The van der Waals surface area contributed by atoms with Crippen LogP contribution in [-0.4, -0.2) is 9.97 Å². The van der Waals surface area contributed by atoms with Crippen LogP contribution in [0.5, 0.6) is 5.75 Å². The topological polar surface area (TPSA) is 73.1 Å². The number of anilines is 1. The van der Waals surface area contributed by atoms with Crippen molar-refractivity contribution in [2.24, 2.45) is 5.84 Å². The normalized spacial score (nSPS) is 10.2. The van der Waals surface area contributed by atoms with Gasteiger partial charge in [0.1, 0.15) is 12.4 Å². The minimum absolute atomic E-state index is 0.0806. The average molecular weight is 248 g/mol. The van der Waals surface area contributed by atoms with Gasteiger partial charge >= 0.3 is 0 Å². The van der Waals surface area contributed by atoms with E-state index in [4.69, 9.17) is 10.6 Å². The first-order chi connectivity index (χ1) is 8.69. The summed E-state index contributed by atoms with van der Waals surface area (Å²) in [5.41, 5.74) is 3.19. The van der Waals surface area contributed by atoms with Crippen LogP contribution in [0.15, 0.2) is 30.3 Å². The van der Waals surface area contributed by atoms with Gasteiger partial charge in [0.2, 0.25) is 0 Å². The molecule has 5 nitrogen and oxygen atoms in total. The van der Waals surface area contributed by atoms with Crippen molar-refractivity contribution in [3.63, 3.8) is 0 Å². The molecule has 3 N–H and O–H groups in total. The van der Waals surface area contributed by atoms with Gasteiger partial charge in [0.25, 0.3) is 0 Å². The molecule has 0 spiro atoms. The maximum absolute atomic E-state index is 13.3. The van der Waals surface area contributed by atoms with Crippen molar-refractivity contribution in [1.82, 2.24) is 9.97 Å². The van der Waals surface area contributed by atoms with Crippen LogP contribution in [0.25, 0.3) is 0 Å². The van der Waals surface area contributed by atoms with Crippen LogP contribution in [0, 0.1) is 12.7 Å². The van der Waals surface area contributed by atoms with E-state index in [1.54, 1.807) is 24.3 Å². The van der Waals surface area contributed by atoms with Crippen molar-refractivity contribution >= 4 is 5.82 Å². The first-order valence-corrected chi connectivity index (χ1v) is 5.37. The summed E-state index contributed by atoms with van der Waals surface area (Å²) in [4.78, 5) is 8.27. The third kappa shape index (κ3) is 2.92. The molecule has 18 heavy (non-hydrogen) atoms. The van der Waals surface area contributed by atoms with Gasteiger partial charge < -0.3 is 10.2 Å². The standard InChI is InChI=1S/C12H13FN4O/c1-8-6-11(17-14)16-12(15-8)7-18-10-5-3-2-4-9(10)13/h2-6H,7,14H2,1H3,(H,15,16,17). The Morgan fingerprint density at radius 2 is 2.11 bits per heavy atom. The number of hydrogen-bond donors (Lipinski definition) is 2. The number of nitrogen functional groups attached to an aromatic ring is 1. The van der Waals surface area contributed by atoms with Crippen LogP contribution in [0.1, 0.15) is 11.5 Å². The van der Waals surface area contributed by atoms with Gasteiger partial charge in [-0.2, -0.15) is 0 Å². The molecule has 1 heterocycles. The Kier molecular flexibility index (Phi) is 3.69. The van der Waals surface area contributed by atoms with Gasteiger partial charge in [0, 0.05) is 11.8 Å². The van der Waals surface area contributed by atoms with E-state index in [-0.39, 0.29) is 12.4 Å². The Morgan fingerprint density at radius 3 is 2.83 bits per heavy atom. The molecule has 2 rings (SSSR count). The smallest absolute Gasteiger partial charge is 0.168 e. The van der Waals surface area contributed by atoms with Gasteiger partial charge in [-0.15, -0.1) is 0 Å². The zero-order valence-electron chi connectivity index (χ0n) is 9.85. The van der Waals surface area contributed by atoms with Crippen LogP contribution in [0.2, 0.25) is 0 Å². The second-order valence-electron chi connectivity index (χ2n) is 3.67. The second kappa shape index (κ2) is 5.42. The summed E-state index contributed by atoms with van der Waals surface area (Å²) in [6.07, 6.45) is 0. The molecule has 1 aromatic heterocycles. The molecule has 0 saturated heterocycles. The largest absolute Gasteiger partial charge is 0.483 e. The van der Waals surface area contributed by atoms with Crippen molar-refractivity contribution in [1.29, 1.82) is 0 Å². The number of hydrazine groups is 1. The SMILES string of the molecule is Cc1cc(NN)nc(COc2ccccc2F)n1. The predicted octanol–water partition coefficient (Wildman–Crippen LogP) is 1.79. The van der Waals surface area contributed by atoms with Gasteiger partial charge in [-0.3, -0.25) is 0 Å². The fourth-order valence-electron chi connectivity index (χ4n) is 1.47. The van der Waals surface area contributed by atoms with Crippen molar-refractivity contribution in [2.75, 3.05) is 5.43 Å². The second-order valence-corrected chi connectivity index (χ2v) is 3.67. The number of ether oxygens (including phenoxy) is 1. The summed E-state index contributed by atoms with van der Waals surface area (Å²) in [6, 6.07) is 7.88. The third-order valence-corrected chi connectivity index (χ3v) is 2.24. The molecule has 0 atom stereocenters. The highest BCUT2D eigenvalue weighted by Gasteiger charge is 2.05. The van der Waals surface area contributed by atoms with E-state index in [1.165, 1.54) is 6.07 Å². The van der Waals surface area contributed by atoms with Gasteiger partial charge in [-0.05, 0) is 19.1 Å². The molecule has 0 bridgehead atoms.